The molecule has 22 heavy (non-hydrogen) atoms. The minimum absolute atomic E-state index is 0.0664. The van der Waals surface area contributed by atoms with Gasteiger partial charge < -0.3 is 15.7 Å². The second kappa shape index (κ2) is 7.20. The molecule has 0 aliphatic carbocycles. The summed E-state index contributed by atoms with van der Waals surface area (Å²) in [5.74, 6) is -1.33. The fourth-order valence-corrected chi connectivity index (χ4v) is 1.99. The van der Waals surface area contributed by atoms with Gasteiger partial charge in [-0.2, -0.15) is 0 Å². The highest BCUT2D eigenvalue weighted by Gasteiger charge is 2.14. The molecule has 3 N–H and O–H groups in total. The van der Waals surface area contributed by atoms with Crippen LogP contribution in [0.4, 0.5) is 19.3 Å². The molecular formula is C15H13ClF2N2O2. The highest BCUT2D eigenvalue weighted by Crippen LogP contribution is 2.22. The molecule has 2 aromatic rings. The van der Waals surface area contributed by atoms with Crippen molar-refractivity contribution in [3.8, 4) is 0 Å². The molecule has 116 valence electrons. The second-order valence-corrected chi connectivity index (χ2v) is 4.88. The molecule has 2 aromatic carbocycles. The van der Waals surface area contributed by atoms with E-state index < -0.39 is 23.8 Å². The number of anilines is 1. The third-order valence-corrected chi connectivity index (χ3v) is 3.21. The molecule has 0 aliphatic heterocycles. The van der Waals surface area contributed by atoms with Crippen LogP contribution in [0.3, 0.4) is 0 Å². The van der Waals surface area contributed by atoms with Gasteiger partial charge in [0.05, 0.1) is 16.8 Å². The largest absolute Gasteiger partial charge is 0.386 e. The van der Waals surface area contributed by atoms with Crippen LogP contribution in [0.1, 0.15) is 11.7 Å². The zero-order chi connectivity index (χ0) is 16.1. The number of aliphatic hydroxyl groups is 1. The first-order valence-corrected chi connectivity index (χ1v) is 6.78. The topological polar surface area (TPSA) is 61.4 Å². The van der Waals surface area contributed by atoms with Gasteiger partial charge in [0.2, 0.25) is 0 Å². The van der Waals surface area contributed by atoms with Gasteiger partial charge in [-0.15, -0.1) is 0 Å². The van der Waals surface area contributed by atoms with Gasteiger partial charge in [0.15, 0.2) is 5.82 Å². The van der Waals surface area contributed by atoms with Crippen LogP contribution in [0.5, 0.6) is 0 Å². The monoisotopic (exact) mass is 326 g/mol. The van der Waals surface area contributed by atoms with E-state index in [-0.39, 0.29) is 22.8 Å². The van der Waals surface area contributed by atoms with Gasteiger partial charge >= 0.3 is 6.03 Å². The predicted octanol–water partition coefficient (Wildman–Crippen LogP) is 3.47. The quantitative estimate of drug-likeness (QED) is 0.805. The zero-order valence-electron chi connectivity index (χ0n) is 11.3. The molecule has 1 atom stereocenters. The van der Waals surface area contributed by atoms with Crippen LogP contribution in [-0.4, -0.2) is 17.7 Å². The molecule has 7 heteroatoms. The molecule has 0 heterocycles. The van der Waals surface area contributed by atoms with E-state index in [2.05, 4.69) is 10.6 Å². The van der Waals surface area contributed by atoms with Gasteiger partial charge in [0.1, 0.15) is 5.82 Å². The van der Waals surface area contributed by atoms with Crippen molar-refractivity contribution in [2.45, 2.75) is 6.10 Å². The average Bonchev–Trinajstić information content (AvgIpc) is 2.50. The van der Waals surface area contributed by atoms with Crippen molar-refractivity contribution in [3.05, 3.63) is 64.7 Å². The summed E-state index contributed by atoms with van der Waals surface area (Å²) in [7, 11) is 0. The number of carbonyl (C=O) groups excluding carboxylic acids is 1. The maximum Gasteiger partial charge on any atom is 0.319 e. The Morgan fingerprint density at radius 2 is 1.91 bits per heavy atom. The van der Waals surface area contributed by atoms with Crippen molar-refractivity contribution in [1.29, 1.82) is 0 Å². The summed E-state index contributed by atoms with van der Waals surface area (Å²) in [5, 5.41) is 14.3. The summed E-state index contributed by atoms with van der Waals surface area (Å²) < 4.78 is 27.1. The number of carbonyl (C=O) groups is 1. The number of aliphatic hydroxyl groups excluding tert-OH is 1. The molecule has 2 amide bonds. The lowest BCUT2D eigenvalue weighted by Gasteiger charge is -2.14. The van der Waals surface area contributed by atoms with E-state index in [4.69, 9.17) is 11.6 Å². The minimum Gasteiger partial charge on any atom is -0.386 e. The third kappa shape index (κ3) is 3.93. The van der Waals surface area contributed by atoms with Crippen molar-refractivity contribution in [1.82, 2.24) is 5.32 Å². The molecule has 1 unspecified atom stereocenters. The van der Waals surface area contributed by atoms with Gasteiger partial charge in [-0.1, -0.05) is 35.9 Å². The Bertz CT molecular complexity index is 682. The molecule has 0 spiro atoms. The Hall–Kier alpha value is -2.18. The van der Waals surface area contributed by atoms with E-state index in [1.54, 1.807) is 6.07 Å². The van der Waals surface area contributed by atoms with E-state index in [1.165, 1.54) is 36.4 Å². The number of amides is 2. The van der Waals surface area contributed by atoms with Crippen LogP contribution in [0, 0.1) is 11.6 Å². The first kappa shape index (κ1) is 16.2. The molecule has 0 aromatic heterocycles. The number of rotatable bonds is 4. The molecule has 0 saturated heterocycles. The van der Waals surface area contributed by atoms with Crippen LogP contribution in [0.2, 0.25) is 5.02 Å². The first-order valence-electron chi connectivity index (χ1n) is 6.40. The summed E-state index contributed by atoms with van der Waals surface area (Å²) >= 11 is 5.59. The summed E-state index contributed by atoms with van der Waals surface area (Å²) in [6, 6.07) is 9.12. The fourth-order valence-electron chi connectivity index (χ4n) is 1.81. The normalized spacial score (nSPS) is 11.8. The van der Waals surface area contributed by atoms with Crippen molar-refractivity contribution in [2.75, 3.05) is 11.9 Å². The zero-order valence-corrected chi connectivity index (χ0v) is 12.1. The number of nitrogens with one attached hydrogen (secondary N) is 2. The summed E-state index contributed by atoms with van der Waals surface area (Å²) in [4.78, 5) is 11.7. The maximum absolute atomic E-state index is 13.6. The Morgan fingerprint density at radius 3 is 2.64 bits per heavy atom. The molecule has 0 aliphatic rings. The lowest BCUT2D eigenvalue weighted by molar-refractivity contribution is 0.170. The van der Waals surface area contributed by atoms with Crippen molar-refractivity contribution in [2.24, 2.45) is 0 Å². The first-order chi connectivity index (χ1) is 10.5. The summed E-state index contributed by atoms with van der Waals surface area (Å²) in [6.07, 6.45) is -1.21. The third-order valence-electron chi connectivity index (χ3n) is 2.92. The van der Waals surface area contributed by atoms with Crippen molar-refractivity contribution >= 4 is 23.3 Å². The SMILES string of the molecule is O=C(NCC(O)c1ccccc1F)Nc1cccc(Cl)c1F. The van der Waals surface area contributed by atoms with Gasteiger partial charge in [-0.25, -0.2) is 13.6 Å². The lowest BCUT2D eigenvalue weighted by Crippen LogP contribution is -2.32. The number of halogens is 3. The van der Waals surface area contributed by atoms with Crippen LogP contribution in [0.25, 0.3) is 0 Å². The molecular weight excluding hydrogens is 314 g/mol. The van der Waals surface area contributed by atoms with Crippen molar-refractivity contribution < 1.29 is 18.7 Å². The second-order valence-electron chi connectivity index (χ2n) is 4.47. The smallest absolute Gasteiger partial charge is 0.319 e. The minimum atomic E-state index is -1.21. The number of hydrogen-bond acceptors (Lipinski definition) is 2. The van der Waals surface area contributed by atoms with Crippen LogP contribution < -0.4 is 10.6 Å². The van der Waals surface area contributed by atoms with Crippen molar-refractivity contribution in [3.63, 3.8) is 0 Å². The molecule has 0 radical (unpaired) electrons. The Morgan fingerprint density at radius 1 is 1.18 bits per heavy atom. The number of hydrogen-bond donors (Lipinski definition) is 3. The lowest BCUT2D eigenvalue weighted by atomic mass is 10.1. The van der Waals surface area contributed by atoms with E-state index in [0.717, 1.165) is 0 Å². The Balaban J connectivity index is 1.93. The standard InChI is InChI=1S/C15H13ClF2N2O2/c16-10-5-3-7-12(14(10)18)20-15(22)19-8-13(21)9-4-1-2-6-11(9)17/h1-7,13,21H,8H2,(H2,19,20,22). The predicted molar refractivity (Wildman–Crippen MR) is 79.8 cm³/mol. The molecule has 4 nitrogen and oxygen atoms in total. The Kier molecular flexibility index (Phi) is 5.30. The van der Waals surface area contributed by atoms with Gasteiger partial charge in [0.25, 0.3) is 0 Å². The highest BCUT2D eigenvalue weighted by atomic mass is 35.5. The number of benzene rings is 2. The molecule has 0 fully saturated rings. The molecule has 2 rings (SSSR count). The Labute approximate surface area is 130 Å². The molecule has 0 saturated carbocycles. The van der Waals surface area contributed by atoms with Crippen LogP contribution >= 0.6 is 11.6 Å². The van der Waals surface area contributed by atoms with E-state index in [0.29, 0.717) is 0 Å². The van der Waals surface area contributed by atoms with Crippen LogP contribution in [0.15, 0.2) is 42.5 Å². The van der Waals surface area contributed by atoms with E-state index >= 15 is 0 Å². The van der Waals surface area contributed by atoms with Gasteiger partial charge in [-0.05, 0) is 18.2 Å². The maximum atomic E-state index is 13.6. The number of urea groups is 1. The van der Waals surface area contributed by atoms with Gasteiger partial charge in [-0.3, -0.25) is 0 Å². The summed E-state index contributed by atoms with van der Waals surface area (Å²) in [6.45, 7) is -0.227. The van der Waals surface area contributed by atoms with E-state index in [9.17, 15) is 18.7 Å². The molecule has 0 bridgehead atoms. The fraction of sp³-hybridized carbons (Fsp3) is 0.133. The highest BCUT2D eigenvalue weighted by molar-refractivity contribution is 6.31. The van der Waals surface area contributed by atoms with Gasteiger partial charge in [0, 0.05) is 12.1 Å². The van der Waals surface area contributed by atoms with Crippen LogP contribution in [-0.2, 0) is 0 Å². The summed E-state index contributed by atoms with van der Waals surface area (Å²) in [5.41, 5.74) is -0.0258. The van der Waals surface area contributed by atoms with E-state index in [1.807, 2.05) is 0 Å². The average molecular weight is 327 g/mol.